The Morgan fingerprint density at radius 2 is 1.74 bits per heavy atom. The highest BCUT2D eigenvalue weighted by molar-refractivity contribution is 6.46. The van der Waals surface area contributed by atoms with Crippen LogP contribution in [0.1, 0.15) is 34.7 Å². The van der Waals surface area contributed by atoms with E-state index in [-0.39, 0.29) is 11.3 Å². The summed E-state index contributed by atoms with van der Waals surface area (Å²) in [6.45, 7) is 3.24. The van der Waals surface area contributed by atoms with Gasteiger partial charge in [0.1, 0.15) is 18.1 Å². The number of methoxy groups -OCH3 is 1. The van der Waals surface area contributed by atoms with Gasteiger partial charge in [0, 0.05) is 38.2 Å². The SMILES string of the molecule is COCCCN1C(=O)C(=O)/C(=C(\O)c2ccc(OCc3ccccc3C)cc2)C1c1ccncc1. The molecule has 1 unspecified atom stereocenters. The van der Waals surface area contributed by atoms with Gasteiger partial charge in [-0.15, -0.1) is 0 Å². The van der Waals surface area contributed by atoms with Gasteiger partial charge in [0.05, 0.1) is 11.6 Å². The Balaban J connectivity index is 1.62. The number of likely N-dealkylation sites (tertiary alicyclic amines) is 1. The second-order valence-electron chi connectivity index (χ2n) is 8.36. The van der Waals surface area contributed by atoms with Gasteiger partial charge in [0.15, 0.2) is 0 Å². The maximum atomic E-state index is 13.0. The Hall–Kier alpha value is -3.97. The Labute approximate surface area is 204 Å². The Morgan fingerprint density at radius 3 is 2.43 bits per heavy atom. The molecule has 2 aromatic carbocycles. The molecule has 1 N–H and O–H groups in total. The zero-order valence-corrected chi connectivity index (χ0v) is 19.8. The summed E-state index contributed by atoms with van der Waals surface area (Å²) < 4.78 is 11.0. The minimum Gasteiger partial charge on any atom is -0.507 e. The number of hydrogen-bond donors (Lipinski definition) is 1. The molecule has 180 valence electrons. The molecule has 0 bridgehead atoms. The molecule has 35 heavy (non-hydrogen) atoms. The number of ketones is 1. The van der Waals surface area contributed by atoms with E-state index in [9.17, 15) is 14.7 Å². The Kier molecular flexibility index (Phi) is 7.57. The molecule has 0 spiro atoms. The average Bonchev–Trinajstić information content (AvgIpc) is 3.14. The molecule has 1 saturated heterocycles. The molecule has 4 rings (SSSR count). The number of aromatic nitrogens is 1. The van der Waals surface area contributed by atoms with Crippen molar-refractivity contribution < 1.29 is 24.2 Å². The minimum atomic E-state index is -0.707. The standard InChI is InChI=1S/C28H28N2O5/c1-19-6-3-4-7-22(19)18-35-23-10-8-21(9-11-23)26(31)24-25(20-12-14-29-15-13-20)30(16-5-17-34-2)28(33)27(24)32/h3-4,6-15,25,31H,5,16-18H2,1-2H3/b26-24-. The highest BCUT2D eigenvalue weighted by Gasteiger charge is 2.45. The fraction of sp³-hybridized carbons (Fsp3) is 0.250. The normalized spacial score (nSPS) is 17.1. The monoisotopic (exact) mass is 472 g/mol. The summed E-state index contributed by atoms with van der Waals surface area (Å²) in [5.74, 6) is -0.926. The fourth-order valence-corrected chi connectivity index (χ4v) is 4.18. The van der Waals surface area contributed by atoms with Crippen LogP contribution in [0.3, 0.4) is 0 Å². The lowest BCUT2D eigenvalue weighted by atomic mass is 9.96. The number of aliphatic hydroxyl groups excluding tert-OH is 1. The first-order chi connectivity index (χ1) is 17.0. The summed E-state index contributed by atoms with van der Waals surface area (Å²) in [5, 5.41) is 11.2. The van der Waals surface area contributed by atoms with Crippen LogP contribution in [0.25, 0.3) is 5.76 Å². The van der Waals surface area contributed by atoms with E-state index >= 15 is 0 Å². The number of ether oxygens (including phenoxy) is 2. The third-order valence-corrected chi connectivity index (χ3v) is 6.09. The smallest absolute Gasteiger partial charge is 0.295 e. The molecule has 0 radical (unpaired) electrons. The van der Waals surface area contributed by atoms with Crippen molar-refractivity contribution in [3.05, 3.63) is 101 Å². The van der Waals surface area contributed by atoms with Gasteiger partial charge in [-0.25, -0.2) is 0 Å². The lowest BCUT2D eigenvalue weighted by Crippen LogP contribution is -2.31. The summed E-state index contributed by atoms with van der Waals surface area (Å²) in [6, 6.07) is 17.6. The lowest BCUT2D eigenvalue weighted by molar-refractivity contribution is -0.140. The van der Waals surface area contributed by atoms with Crippen molar-refractivity contribution in [3.63, 3.8) is 0 Å². The van der Waals surface area contributed by atoms with Gasteiger partial charge >= 0.3 is 0 Å². The van der Waals surface area contributed by atoms with Crippen LogP contribution in [0.15, 0.2) is 78.6 Å². The van der Waals surface area contributed by atoms with Crippen LogP contribution >= 0.6 is 0 Å². The summed E-state index contributed by atoms with van der Waals surface area (Å²) >= 11 is 0. The predicted octanol–water partition coefficient (Wildman–Crippen LogP) is 4.43. The van der Waals surface area contributed by atoms with E-state index in [0.717, 1.165) is 11.1 Å². The van der Waals surface area contributed by atoms with Crippen LogP contribution in [0.2, 0.25) is 0 Å². The number of amides is 1. The number of pyridine rings is 1. The maximum Gasteiger partial charge on any atom is 0.295 e. The Bertz CT molecular complexity index is 1220. The van der Waals surface area contributed by atoms with Gasteiger partial charge in [0.25, 0.3) is 11.7 Å². The van der Waals surface area contributed by atoms with Crippen molar-refractivity contribution in [1.82, 2.24) is 9.88 Å². The van der Waals surface area contributed by atoms with Crippen molar-refractivity contribution in [2.45, 2.75) is 26.0 Å². The summed E-state index contributed by atoms with van der Waals surface area (Å²) in [5.41, 5.74) is 3.43. The highest BCUT2D eigenvalue weighted by Crippen LogP contribution is 2.39. The Morgan fingerprint density at radius 1 is 1.03 bits per heavy atom. The summed E-state index contributed by atoms with van der Waals surface area (Å²) in [4.78, 5) is 31.4. The van der Waals surface area contributed by atoms with Gasteiger partial charge in [-0.3, -0.25) is 14.6 Å². The number of Topliss-reactive ketones (excluding diaryl/α,β-unsaturated/α-hetero) is 1. The molecule has 1 aliphatic rings. The maximum absolute atomic E-state index is 13.0. The average molecular weight is 473 g/mol. The van der Waals surface area contributed by atoms with E-state index in [2.05, 4.69) is 4.98 Å². The number of carbonyl (C=O) groups excluding carboxylic acids is 2. The van der Waals surface area contributed by atoms with Crippen molar-refractivity contribution in [1.29, 1.82) is 0 Å². The molecule has 1 aliphatic heterocycles. The number of aliphatic hydroxyl groups is 1. The van der Waals surface area contributed by atoms with Crippen molar-refractivity contribution in [2.75, 3.05) is 20.3 Å². The molecule has 3 aromatic rings. The number of carbonyl (C=O) groups is 2. The number of rotatable bonds is 9. The van der Waals surface area contributed by atoms with Crippen LogP contribution in [-0.4, -0.2) is 46.9 Å². The van der Waals surface area contributed by atoms with E-state index in [1.807, 2.05) is 31.2 Å². The predicted molar refractivity (Wildman–Crippen MR) is 132 cm³/mol. The van der Waals surface area contributed by atoms with Crippen LogP contribution in [0.5, 0.6) is 5.75 Å². The van der Waals surface area contributed by atoms with Gasteiger partial charge in [0.2, 0.25) is 0 Å². The van der Waals surface area contributed by atoms with Gasteiger partial charge in [-0.1, -0.05) is 24.3 Å². The van der Waals surface area contributed by atoms with Crippen LogP contribution in [0, 0.1) is 6.92 Å². The molecule has 7 nitrogen and oxygen atoms in total. The molecule has 1 fully saturated rings. The van der Waals surface area contributed by atoms with E-state index in [0.29, 0.717) is 43.1 Å². The third-order valence-electron chi connectivity index (χ3n) is 6.09. The lowest BCUT2D eigenvalue weighted by Gasteiger charge is -2.25. The zero-order valence-electron chi connectivity index (χ0n) is 19.8. The molecular formula is C28H28N2O5. The molecular weight excluding hydrogens is 444 g/mol. The van der Waals surface area contributed by atoms with Crippen LogP contribution in [-0.2, 0) is 20.9 Å². The first-order valence-electron chi connectivity index (χ1n) is 11.5. The molecule has 1 aromatic heterocycles. The molecule has 7 heteroatoms. The van der Waals surface area contributed by atoms with E-state index in [4.69, 9.17) is 9.47 Å². The molecule has 0 saturated carbocycles. The van der Waals surface area contributed by atoms with E-state index < -0.39 is 17.7 Å². The molecule has 2 heterocycles. The molecule has 1 atom stereocenters. The topological polar surface area (TPSA) is 89.0 Å². The third kappa shape index (κ3) is 5.25. The number of benzene rings is 2. The first-order valence-corrected chi connectivity index (χ1v) is 11.5. The van der Waals surface area contributed by atoms with Gasteiger partial charge in [-0.2, -0.15) is 0 Å². The zero-order chi connectivity index (χ0) is 24.8. The first kappa shape index (κ1) is 24.2. The molecule has 1 amide bonds. The fourth-order valence-electron chi connectivity index (χ4n) is 4.18. The quantitative estimate of drug-likeness (QED) is 0.215. The second-order valence-corrected chi connectivity index (χ2v) is 8.36. The van der Waals surface area contributed by atoms with Gasteiger partial charge < -0.3 is 19.5 Å². The second kappa shape index (κ2) is 11.0. The van der Waals surface area contributed by atoms with E-state index in [1.54, 1.807) is 55.9 Å². The van der Waals surface area contributed by atoms with Gasteiger partial charge in [-0.05, 0) is 66.4 Å². The number of aryl methyl sites for hydroxylation is 1. The largest absolute Gasteiger partial charge is 0.507 e. The number of hydrogen-bond acceptors (Lipinski definition) is 6. The van der Waals surface area contributed by atoms with Crippen molar-refractivity contribution in [3.8, 4) is 5.75 Å². The van der Waals surface area contributed by atoms with Crippen LogP contribution < -0.4 is 4.74 Å². The minimum absolute atomic E-state index is 0.0622. The summed E-state index contributed by atoms with van der Waals surface area (Å²) in [6.07, 6.45) is 3.77. The van der Waals surface area contributed by atoms with Crippen molar-refractivity contribution in [2.24, 2.45) is 0 Å². The number of nitrogens with zero attached hydrogens (tertiary/aromatic N) is 2. The van der Waals surface area contributed by atoms with Crippen LogP contribution in [0.4, 0.5) is 0 Å². The highest BCUT2D eigenvalue weighted by atomic mass is 16.5. The van der Waals surface area contributed by atoms with E-state index in [1.165, 1.54) is 4.90 Å². The van der Waals surface area contributed by atoms with Crippen molar-refractivity contribution >= 4 is 17.4 Å². The molecule has 0 aliphatic carbocycles. The summed E-state index contributed by atoms with van der Waals surface area (Å²) in [7, 11) is 1.59.